The molecule has 2 fully saturated rings. The number of morpholine rings is 2. The fraction of sp³-hybridized carbons (Fsp3) is 0.625. The molecule has 11 heteroatoms. The predicted molar refractivity (Wildman–Crippen MR) is 98.4 cm³/mol. The van der Waals surface area contributed by atoms with Crippen LogP contribution in [0.4, 0.5) is 11.4 Å². The first-order chi connectivity index (χ1) is 13.0. The Bertz CT molecular complexity index is 760. The molecule has 0 bridgehead atoms. The van der Waals surface area contributed by atoms with Gasteiger partial charge >= 0.3 is 0 Å². The summed E-state index contributed by atoms with van der Waals surface area (Å²) in [4.78, 5) is 12.7. The van der Waals surface area contributed by atoms with Crippen LogP contribution >= 0.6 is 0 Å². The standard InChI is InChI=1S/C16H24N4O6S/c21-20(22)14-1-2-15(17-3-4-18-5-9-25-10-6-18)16(13-14)27(23,24)19-7-11-26-12-8-19/h1-2,13,17H,3-12H2. The minimum absolute atomic E-state index is 0.0689. The number of nitrogens with zero attached hydrogens (tertiary/aromatic N) is 3. The minimum Gasteiger partial charge on any atom is -0.383 e. The van der Waals surface area contributed by atoms with Crippen LogP contribution in [-0.2, 0) is 19.5 Å². The van der Waals surface area contributed by atoms with Gasteiger partial charge in [0.1, 0.15) is 4.90 Å². The monoisotopic (exact) mass is 400 g/mol. The third-order valence-corrected chi connectivity index (χ3v) is 6.55. The van der Waals surface area contributed by atoms with Crippen molar-refractivity contribution in [2.24, 2.45) is 0 Å². The number of anilines is 1. The van der Waals surface area contributed by atoms with E-state index in [0.717, 1.165) is 25.7 Å². The maximum absolute atomic E-state index is 13.0. The van der Waals surface area contributed by atoms with Gasteiger partial charge in [-0.1, -0.05) is 0 Å². The Kier molecular flexibility index (Phi) is 6.60. The lowest BCUT2D eigenvalue weighted by Crippen LogP contribution is -2.41. The highest BCUT2D eigenvalue weighted by atomic mass is 32.2. The number of nitro benzene ring substituents is 1. The van der Waals surface area contributed by atoms with Gasteiger partial charge in [-0.25, -0.2) is 8.42 Å². The zero-order valence-electron chi connectivity index (χ0n) is 15.0. The van der Waals surface area contributed by atoms with Crippen LogP contribution in [0, 0.1) is 10.1 Å². The van der Waals surface area contributed by atoms with Gasteiger partial charge in [0.05, 0.1) is 37.0 Å². The van der Waals surface area contributed by atoms with Gasteiger partial charge in [0.2, 0.25) is 10.0 Å². The van der Waals surface area contributed by atoms with E-state index in [1.54, 1.807) is 0 Å². The number of benzene rings is 1. The molecule has 0 aromatic heterocycles. The summed E-state index contributed by atoms with van der Waals surface area (Å²) >= 11 is 0. The number of non-ortho nitro benzene ring substituents is 1. The lowest BCUT2D eigenvalue weighted by molar-refractivity contribution is -0.385. The maximum atomic E-state index is 13.0. The molecule has 0 radical (unpaired) electrons. The summed E-state index contributed by atoms with van der Waals surface area (Å²) in [5.41, 5.74) is 0.126. The molecule has 0 saturated carbocycles. The molecule has 1 N–H and O–H groups in total. The zero-order chi connectivity index (χ0) is 19.3. The highest BCUT2D eigenvalue weighted by molar-refractivity contribution is 7.89. The predicted octanol–water partition coefficient (Wildman–Crippen LogP) is 0.360. The van der Waals surface area contributed by atoms with Crippen molar-refractivity contribution in [1.82, 2.24) is 9.21 Å². The van der Waals surface area contributed by atoms with E-state index in [9.17, 15) is 18.5 Å². The van der Waals surface area contributed by atoms with Gasteiger partial charge in [0, 0.05) is 51.4 Å². The first-order valence-electron chi connectivity index (χ1n) is 8.89. The first kappa shape index (κ1) is 20.0. The molecule has 150 valence electrons. The molecule has 2 heterocycles. The number of nitro groups is 1. The topological polar surface area (TPSA) is 114 Å². The van der Waals surface area contributed by atoms with Gasteiger partial charge in [-0.05, 0) is 6.07 Å². The maximum Gasteiger partial charge on any atom is 0.270 e. The molecule has 2 aliphatic heterocycles. The second-order valence-corrected chi connectivity index (χ2v) is 8.24. The van der Waals surface area contributed by atoms with Gasteiger partial charge < -0.3 is 14.8 Å². The number of ether oxygens (including phenoxy) is 2. The number of nitrogens with one attached hydrogen (secondary N) is 1. The molecule has 0 unspecified atom stereocenters. The van der Waals surface area contributed by atoms with Crippen LogP contribution in [-0.4, -0.2) is 88.2 Å². The van der Waals surface area contributed by atoms with Crippen LogP contribution in [0.25, 0.3) is 0 Å². The Morgan fingerprint density at radius 3 is 2.33 bits per heavy atom. The van der Waals surface area contributed by atoms with Gasteiger partial charge in [-0.3, -0.25) is 15.0 Å². The van der Waals surface area contributed by atoms with E-state index in [1.165, 1.54) is 16.4 Å². The Hall–Kier alpha value is -1.79. The molecule has 1 aromatic rings. The second-order valence-electron chi connectivity index (χ2n) is 6.33. The first-order valence-corrected chi connectivity index (χ1v) is 10.3. The second kappa shape index (κ2) is 8.93. The Labute approximate surface area is 158 Å². The number of hydrogen-bond acceptors (Lipinski definition) is 8. The zero-order valence-corrected chi connectivity index (χ0v) is 15.8. The highest BCUT2D eigenvalue weighted by Gasteiger charge is 2.30. The third kappa shape index (κ3) is 4.93. The van der Waals surface area contributed by atoms with Crippen molar-refractivity contribution in [3.05, 3.63) is 28.3 Å². The summed E-state index contributed by atoms with van der Waals surface area (Å²) in [6.45, 7) is 5.41. The SMILES string of the molecule is O=[N+]([O-])c1ccc(NCCN2CCOCC2)c(S(=O)(=O)N2CCOCC2)c1. The molecule has 0 aliphatic carbocycles. The van der Waals surface area contributed by atoms with E-state index in [4.69, 9.17) is 9.47 Å². The highest BCUT2D eigenvalue weighted by Crippen LogP contribution is 2.29. The molecule has 2 saturated heterocycles. The summed E-state index contributed by atoms with van der Waals surface area (Å²) in [5.74, 6) is 0. The van der Waals surface area contributed by atoms with Crippen molar-refractivity contribution in [3.63, 3.8) is 0 Å². The van der Waals surface area contributed by atoms with Crippen LogP contribution in [0.1, 0.15) is 0 Å². The fourth-order valence-corrected chi connectivity index (χ4v) is 4.68. The van der Waals surface area contributed by atoms with Gasteiger partial charge in [-0.2, -0.15) is 4.31 Å². The molecule has 27 heavy (non-hydrogen) atoms. The van der Waals surface area contributed by atoms with Crippen LogP contribution < -0.4 is 5.32 Å². The summed E-state index contributed by atoms with van der Waals surface area (Å²) < 4.78 is 37.9. The van der Waals surface area contributed by atoms with Crippen LogP contribution in [0.15, 0.2) is 23.1 Å². The number of sulfonamides is 1. The Morgan fingerprint density at radius 1 is 1.07 bits per heavy atom. The van der Waals surface area contributed by atoms with E-state index in [2.05, 4.69) is 10.2 Å². The quantitative estimate of drug-likeness (QED) is 0.515. The molecule has 1 aromatic carbocycles. The summed E-state index contributed by atoms with van der Waals surface area (Å²) in [5, 5.41) is 14.3. The molecular formula is C16H24N4O6S. The minimum atomic E-state index is -3.85. The van der Waals surface area contributed by atoms with Crippen molar-refractivity contribution in [2.45, 2.75) is 4.90 Å². The lowest BCUT2D eigenvalue weighted by Gasteiger charge is -2.28. The van der Waals surface area contributed by atoms with Crippen molar-refractivity contribution in [2.75, 3.05) is 71.0 Å². The smallest absolute Gasteiger partial charge is 0.270 e. The average molecular weight is 400 g/mol. The molecule has 0 amide bonds. The van der Waals surface area contributed by atoms with E-state index in [0.29, 0.717) is 38.7 Å². The van der Waals surface area contributed by atoms with Crippen molar-refractivity contribution >= 4 is 21.4 Å². The van der Waals surface area contributed by atoms with Gasteiger partial charge in [-0.15, -0.1) is 0 Å². The molecule has 0 atom stereocenters. The lowest BCUT2D eigenvalue weighted by atomic mass is 10.3. The van der Waals surface area contributed by atoms with E-state index < -0.39 is 14.9 Å². The molecule has 0 spiro atoms. The number of hydrogen-bond donors (Lipinski definition) is 1. The Morgan fingerprint density at radius 2 is 1.70 bits per heavy atom. The summed E-state index contributed by atoms with van der Waals surface area (Å²) in [6, 6.07) is 3.90. The third-order valence-electron chi connectivity index (χ3n) is 4.61. The largest absolute Gasteiger partial charge is 0.383 e. The van der Waals surface area contributed by atoms with Crippen LogP contribution in [0.2, 0.25) is 0 Å². The molecular weight excluding hydrogens is 376 g/mol. The van der Waals surface area contributed by atoms with Crippen molar-refractivity contribution in [1.29, 1.82) is 0 Å². The van der Waals surface area contributed by atoms with E-state index in [-0.39, 0.29) is 23.7 Å². The Balaban J connectivity index is 1.78. The fourth-order valence-electron chi connectivity index (χ4n) is 3.08. The van der Waals surface area contributed by atoms with E-state index in [1.807, 2.05) is 0 Å². The van der Waals surface area contributed by atoms with Crippen LogP contribution in [0.3, 0.4) is 0 Å². The van der Waals surface area contributed by atoms with Gasteiger partial charge in [0.15, 0.2) is 0 Å². The molecule has 2 aliphatic rings. The molecule has 10 nitrogen and oxygen atoms in total. The number of rotatable bonds is 7. The molecule has 3 rings (SSSR count). The van der Waals surface area contributed by atoms with Gasteiger partial charge in [0.25, 0.3) is 5.69 Å². The van der Waals surface area contributed by atoms with Crippen LogP contribution in [0.5, 0.6) is 0 Å². The van der Waals surface area contributed by atoms with Crippen molar-refractivity contribution < 1.29 is 22.8 Å². The average Bonchev–Trinajstić information content (AvgIpc) is 2.69. The van der Waals surface area contributed by atoms with Crippen molar-refractivity contribution in [3.8, 4) is 0 Å². The summed E-state index contributed by atoms with van der Waals surface area (Å²) in [6.07, 6.45) is 0. The normalized spacial score (nSPS) is 19.7. The van der Waals surface area contributed by atoms with E-state index >= 15 is 0 Å². The summed E-state index contributed by atoms with van der Waals surface area (Å²) in [7, 11) is -3.85.